The molecule has 0 saturated carbocycles. The molecule has 0 spiro atoms. The van der Waals surface area contributed by atoms with Gasteiger partial charge in [-0.3, -0.25) is 0 Å². The zero-order valence-electron chi connectivity index (χ0n) is 8.26. The quantitative estimate of drug-likeness (QED) is 0.652. The lowest BCUT2D eigenvalue weighted by molar-refractivity contribution is 1.04. The molecule has 11 heavy (non-hydrogen) atoms. The lowest BCUT2D eigenvalue weighted by Crippen LogP contribution is -2.06. The van der Waals surface area contributed by atoms with Gasteiger partial charge in [-0.25, -0.2) is 0 Å². The Bertz CT molecular complexity index is 89.6. The molecule has 0 aromatic rings. The summed E-state index contributed by atoms with van der Waals surface area (Å²) in [7, 11) is 0. The van der Waals surface area contributed by atoms with E-state index in [0.717, 1.165) is 15.7 Å². The highest BCUT2D eigenvalue weighted by Crippen LogP contribution is 2.22. The molecule has 0 amide bonds. The normalized spacial score (nSPS) is 14.5. The topological polar surface area (TPSA) is 0 Å². The second kappa shape index (κ2) is 6.24. The molecule has 0 bridgehead atoms. The first-order chi connectivity index (χ1) is 5.02. The van der Waals surface area contributed by atoms with Crippen molar-refractivity contribution in [1.82, 2.24) is 0 Å². The largest absolute Gasteiger partial charge is 0.158 e. The van der Waals surface area contributed by atoms with Gasteiger partial charge in [0.1, 0.15) is 0 Å². The van der Waals surface area contributed by atoms with E-state index in [9.17, 15) is 0 Å². The second-order valence-corrected chi connectivity index (χ2v) is 7.01. The third-order valence-corrected chi connectivity index (χ3v) is 3.91. The predicted molar refractivity (Wildman–Crippen MR) is 59.8 cm³/mol. The molecular weight excluding hydrogens is 172 g/mol. The van der Waals surface area contributed by atoms with Crippen LogP contribution in [-0.4, -0.2) is 21.5 Å². The van der Waals surface area contributed by atoms with E-state index in [1.165, 1.54) is 5.75 Å². The standard InChI is InChI=1S/C9H20S2/c1-7(2)10-6-9(5)11-8(3)4/h7-9H,6H2,1-5H3. The van der Waals surface area contributed by atoms with Crippen molar-refractivity contribution in [2.24, 2.45) is 0 Å². The highest BCUT2D eigenvalue weighted by atomic mass is 32.2. The lowest BCUT2D eigenvalue weighted by Gasteiger charge is -2.14. The maximum absolute atomic E-state index is 2.32. The summed E-state index contributed by atoms with van der Waals surface area (Å²) in [5.74, 6) is 1.29. The van der Waals surface area contributed by atoms with Crippen molar-refractivity contribution >= 4 is 23.5 Å². The average molecular weight is 192 g/mol. The summed E-state index contributed by atoms with van der Waals surface area (Å²) < 4.78 is 0. The molecule has 1 unspecified atom stereocenters. The molecule has 1 atom stereocenters. The predicted octanol–water partition coefficient (Wildman–Crippen LogP) is 3.66. The monoisotopic (exact) mass is 192 g/mol. The molecule has 0 fully saturated rings. The van der Waals surface area contributed by atoms with E-state index in [-0.39, 0.29) is 0 Å². The number of hydrogen-bond acceptors (Lipinski definition) is 2. The summed E-state index contributed by atoms with van der Waals surface area (Å²) in [5.41, 5.74) is 0. The molecule has 0 rings (SSSR count). The van der Waals surface area contributed by atoms with Gasteiger partial charge >= 0.3 is 0 Å². The molecule has 0 radical (unpaired) electrons. The van der Waals surface area contributed by atoms with Crippen molar-refractivity contribution < 1.29 is 0 Å². The number of hydrogen-bond donors (Lipinski definition) is 0. The molecule has 0 nitrogen and oxygen atoms in total. The molecule has 0 heterocycles. The fourth-order valence-corrected chi connectivity index (χ4v) is 2.97. The van der Waals surface area contributed by atoms with Gasteiger partial charge in [0.2, 0.25) is 0 Å². The molecule has 0 aromatic heterocycles. The number of rotatable bonds is 5. The van der Waals surface area contributed by atoms with Crippen molar-refractivity contribution in [3.63, 3.8) is 0 Å². The van der Waals surface area contributed by atoms with Crippen molar-refractivity contribution in [2.45, 2.75) is 50.4 Å². The zero-order valence-corrected chi connectivity index (χ0v) is 9.89. The van der Waals surface area contributed by atoms with Gasteiger partial charge in [0, 0.05) is 11.0 Å². The number of thioether (sulfide) groups is 2. The van der Waals surface area contributed by atoms with Crippen molar-refractivity contribution in [1.29, 1.82) is 0 Å². The van der Waals surface area contributed by atoms with Crippen LogP contribution in [0.15, 0.2) is 0 Å². The van der Waals surface area contributed by atoms with Crippen LogP contribution in [0.1, 0.15) is 34.6 Å². The minimum absolute atomic E-state index is 0.776. The van der Waals surface area contributed by atoms with Crippen LogP contribution in [-0.2, 0) is 0 Å². The Morgan fingerprint density at radius 1 is 0.909 bits per heavy atom. The fourth-order valence-electron chi connectivity index (χ4n) is 0.832. The summed E-state index contributed by atoms with van der Waals surface area (Å²) >= 11 is 4.14. The van der Waals surface area contributed by atoms with E-state index in [0.29, 0.717) is 0 Å². The van der Waals surface area contributed by atoms with E-state index < -0.39 is 0 Å². The third-order valence-electron chi connectivity index (χ3n) is 1.17. The van der Waals surface area contributed by atoms with Gasteiger partial charge in [-0.2, -0.15) is 23.5 Å². The van der Waals surface area contributed by atoms with Gasteiger partial charge in [-0.05, 0) is 10.5 Å². The molecule has 2 heteroatoms. The molecular formula is C9H20S2. The molecule has 0 saturated heterocycles. The maximum atomic E-state index is 2.32. The van der Waals surface area contributed by atoms with Crippen LogP contribution < -0.4 is 0 Å². The van der Waals surface area contributed by atoms with E-state index >= 15 is 0 Å². The molecule has 0 aromatic carbocycles. The van der Waals surface area contributed by atoms with Crippen LogP contribution >= 0.6 is 23.5 Å². The van der Waals surface area contributed by atoms with Crippen LogP contribution in [0, 0.1) is 0 Å². The lowest BCUT2D eigenvalue weighted by atomic mass is 10.5. The first-order valence-electron chi connectivity index (χ1n) is 4.29. The van der Waals surface area contributed by atoms with Gasteiger partial charge in [0.05, 0.1) is 0 Å². The van der Waals surface area contributed by atoms with E-state index in [1.54, 1.807) is 0 Å². The first-order valence-corrected chi connectivity index (χ1v) is 6.28. The van der Waals surface area contributed by atoms with E-state index in [2.05, 4.69) is 58.1 Å². The minimum Gasteiger partial charge on any atom is -0.158 e. The summed E-state index contributed by atoms with van der Waals surface area (Å²) in [6.45, 7) is 11.4. The van der Waals surface area contributed by atoms with E-state index in [1.807, 2.05) is 0 Å². The molecule has 0 aliphatic heterocycles. The van der Waals surface area contributed by atoms with Gasteiger partial charge in [-0.15, -0.1) is 0 Å². The zero-order chi connectivity index (χ0) is 8.85. The summed E-state index contributed by atoms with van der Waals surface area (Å²) in [6, 6.07) is 0. The van der Waals surface area contributed by atoms with Gasteiger partial charge in [-0.1, -0.05) is 34.6 Å². The minimum atomic E-state index is 0.776. The van der Waals surface area contributed by atoms with Crippen LogP contribution in [0.2, 0.25) is 0 Å². The SMILES string of the molecule is CC(C)SCC(C)SC(C)C. The fraction of sp³-hybridized carbons (Fsp3) is 1.00. The third kappa shape index (κ3) is 8.61. The maximum Gasteiger partial charge on any atom is 0.0112 e. The highest BCUT2D eigenvalue weighted by Gasteiger charge is 2.05. The molecule has 0 aliphatic rings. The summed E-state index contributed by atoms with van der Waals surface area (Å²) in [4.78, 5) is 0. The van der Waals surface area contributed by atoms with E-state index in [4.69, 9.17) is 0 Å². The Kier molecular flexibility index (Phi) is 6.64. The highest BCUT2D eigenvalue weighted by molar-refractivity contribution is 8.03. The van der Waals surface area contributed by atoms with Gasteiger partial charge in [0.15, 0.2) is 0 Å². The van der Waals surface area contributed by atoms with Crippen LogP contribution in [0.25, 0.3) is 0 Å². The summed E-state index contributed by atoms with van der Waals surface area (Å²) in [6.07, 6.45) is 0. The Balaban J connectivity index is 3.29. The Hall–Kier alpha value is 0.700. The smallest absolute Gasteiger partial charge is 0.0112 e. The van der Waals surface area contributed by atoms with Crippen LogP contribution in [0.5, 0.6) is 0 Å². The Morgan fingerprint density at radius 2 is 1.45 bits per heavy atom. The molecule has 0 N–H and O–H groups in total. The van der Waals surface area contributed by atoms with Gasteiger partial charge in [0.25, 0.3) is 0 Å². The van der Waals surface area contributed by atoms with Crippen molar-refractivity contribution in [3.8, 4) is 0 Å². The van der Waals surface area contributed by atoms with Crippen molar-refractivity contribution in [3.05, 3.63) is 0 Å². The molecule has 68 valence electrons. The second-order valence-electron chi connectivity index (χ2n) is 3.38. The van der Waals surface area contributed by atoms with Crippen LogP contribution in [0.4, 0.5) is 0 Å². The van der Waals surface area contributed by atoms with Gasteiger partial charge < -0.3 is 0 Å². The molecule has 0 aliphatic carbocycles. The van der Waals surface area contributed by atoms with Crippen molar-refractivity contribution in [2.75, 3.05) is 5.75 Å². The Labute approximate surface area is 79.9 Å². The van der Waals surface area contributed by atoms with Crippen LogP contribution in [0.3, 0.4) is 0 Å². The first kappa shape index (κ1) is 11.7. The average Bonchev–Trinajstić information content (AvgIpc) is 1.82. The Morgan fingerprint density at radius 3 is 1.82 bits per heavy atom. The summed E-state index contributed by atoms with van der Waals surface area (Å²) in [5, 5.41) is 2.37.